The van der Waals surface area contributed by atoms with Crippen molar-refractivity contribution in [3.63, 3.8) is 0 Å². The highest BCUT2D eigenvalue weighted by Gasteiger charge is 2.18. The normalized spacial score (nSPS) is 17.6. The Labute approximate surface area is 86.3 Å². The van der Waals surface area contributed by atoms with Crippen LogP contribution in [0, 0.1) is 0 Å². The van der Waals surface area contributed by atoms with E-state index < -0.39 is 0 Å². The van der Waals surface area contributed by atoms with E-state index in [9.17, 15) is 4.79 Å². The standard InChI is InChI=1S/C9H16NO3P/c1-2-13-9(11)7-3-5-12-6-4-8(7)10-14/h10H,2-6,14H2,1H3. The molecule has 0 amide bonds. The van der Waals surface area contributed by atoms with Gasteiger partial charge in [0.25, 0.3) is 0 Å². The Morgan fingerprint density at radius 1 is 1.57 bits per heavy atom. The third-order valence-electron chi connectivity index (χ3n) is 2.05. The molecule has 0 aliphatic carbocycles. The van der Waals surface area contributed by atoms with E-state index >= 15 is 0 Å². The van der Waals surface area contributed by atoms with Gasteiger partial charge in [-0.15, -0.1) is 0 Å². The van der Waals surface area contributed by atoms with E-state index in [0.717, 1.165) is 12.1 Å². The number of rotatable bonds is 3. The molecule has 0 saturated heterocycles. The Kier molecular flexibility index (Phi) is 4.91. The van der Waals surface area contributed by atoms with Gasteiger partial charge < -0.3 is 14.6 Å². The SMILES string of the molecule is CCOC(=O)C1=C(NP)CCOCC1. The van der Waals surface area contributed by atoms with Gasteiger partial charge in [-0.2, -0.15) is 0 Å². The molecule has 1 N–H and O–H groups in total. The van der Waals surface area contributed by atoms with E-state index in [-0.39, 0.29) is 5.97 Å². The van der Waals surface area contributed by atoms with Gasteiger partial charge in [0.2, 0.25) is 0 Å². The number of hydrogen-bond donors (Lipinski definition) is 1. The summed E-state index contributed by atoms with van der Waals surface area (Å²) in [4.78, 5) is 11.5. The number of nitrogens with one attached hydrogen (secondary N) is 1. The first kappa shape index (κ1) is 11.5. The maximum atomic E-state index is 11.5. The van der Waals surface area contributed by atoms with E-state index in [1.807, 2.05) is 0 Å². The maximum absolute atomic E-state index is 11.5. The van der Waals surface area contributed by atoms with Gasteiger partial charge in [0.15, 0.2) is 0 Å². The largest absolute Gasteiger partial charge is 0.463 e. The van der Waals surface area contributed by atoms with Crippen LogP contribution in [0.5, 0.6) is 0 Å². The molecule has 4 nitrogen and oxygen atoms in total. The van der Waals surface area contributed by atoms with Crippen LogP contribution >= 0.6 is 9.39 Å². The van der Waals surface area contributed by atoms with Crippen molar-refractivity contribution in [3.8, 4) is 0 Å². The van der Waals surface area contributed by atoms with E-state index in [1.165, 1.54) is 0 Å². The van der Waals surface area contributed by atoms with Gasteiger partial charge in [0.1, 0.15) is 0 Å². The molecule has 1 heterocycles. The molecular formula is C9H16NO3P. The molecule has 14 heavy (non-hydrogen) atoms. The molecule has 1 atom stereocenters. The molecule has 5 heteroatoms. The monoisotopic (exact) mass is 217 g/mol. The fourth-order valence-electron chi connectivity index (χ4n) is 1.36. The van der Waals surface area contributed by atoms with Crippen LogP contribution in [0.1, 0.15) is 19.8 Å². The number of carbonyl (C=O) groups excluding carboxylic acids is 1. The summed E-state index contributed by atoms with van der Waals surface area (Å²) in [6.07, 6.45) is 1.35. The van der Waals surface area contributed by atoms with Crippen LogP contribution in [0.25, 0.3) is 0 Å². The van der Waals surface area contributed by atoms with Crippen LogP contribution in [-0.4, -0.2) is 25.8 Å². The minimum Gasteiger partial charge on any atom is -0.463 e. The zero-order valence-corrected chi connectivity index (χ0v) is 9.49. The molecule has 1 rings (SSSR count). The fraction of sp³-hybridized carbons (Fsp3) is 0.667. The van der Waals surface area contributed by atoms with Crippen molar-refractivity contribution < 1.29 is 14.3 Å². The molecule has 0 radical (unpaired) electrons. The van der Waals surface area contributed by atoms with Crippen LogP contribution in [0.3, 0.4) is 0 Å². The van der Waals surface area contributed by atoms with Crippen molar-refractivity contribution in [2.24, 2.45) is 0 Å². The number of ether oxygens (including phenoxy) is 2. The number of carbonyl (C=O) groups is 1. The summed E-state index contributed by atoms with van der Waals surface area (Å²) >= 11 is 0. The van der Waals surface area contributed by atoms with E-state index in [0.29, 0.717) is 31.8 Å². The first-order valence-corrected chi connectivity index (χ1v) is 5.30. The average molecular weight is 217 g/mol. The smallest absolute Gasteiger partial charge is 0.335 e. The predicted molar refractivity (Wildman–Crippen MR) is 56.6 cm³/mol. The number of hydrogen-bond acceptors (Lipinski definition) is 4. The molecule has 0 aromatic heterocycles. The summed E-state index contributed by atoms with van der Waals surface area (Å²) in [6, 6.07) is 0. The molecule has 80 valence electrons. The Bertz CT molecular complexity index is 240. The highest BCUT2D eigenvalue weighted by molar-refractivity contribution is 7.14. The Morgan fingerprint density at radius 2 is 2.29 bits per heavy atom. The molecule has 1 aliphatic rings. The lowest BCUT2D eigenvalue weighted by Gasteiger charge is -2.09. The molecular weight excluding hydrogens is 201 g/mol. The molecule has 0 fully saturated rings. The lowest BCUT2D eigenvalue weighted by molar-refractivity contribution is -0.138. The van der Waals surface area contributed by atoms with Crippen LogP contribution in [0.4, 0.5) is 0 Å². The van der Waals surface area contributed by atoms with Gasteiger partial charge in [-0.25, -0.2) is 4.79 Å². The summed E-state index contributed by atoms with van der Waals surface area (Å²) in [5, 5.41) is 2.95. The Balaban J connectivity index is 2.76. The highest BCUT2D eigenvalue weighted by atomic mass is 31.0. The first-order valence-electron chi connectivity index (χ1n) is 4.73. The van der Waals surface area contributed by atoms with Crippen molar-refractivity contribution >= 4 is 15.4 Å². The topological polar surface area (TPSA) is 47.6 Å². The first-order chi connectivity index (χ1) is 6.79. The minimum atomic E-state index is -0.233. The van der Waals surface area contributed by atoms with Crippen LogP contribution in [-0.2, 0) is 14.3 Å². The molecule has 0 spiro atoms. The zero-order chi connectivity index (χ0) is 10.4. The summed E-state index contributed by atoms with van der Waals surface area (Å²) in [5.41, 5.74) is 1.62. The van der Waals surface area contributed by atoms with Gasteiger partial charge in [0.05, 0.1) is 25.4 Å². The van der Waals surface area contributed by atoms with E-state index in [4.69, 9.17) is 9.47 Å². The maximum Gasteiger partial charge on any atom is 0.335 e. The lowest BCUT2D eigenvalue weighted by atomic mass is 10.1. The summed E-state index contributed by atoms with van der Waals surface area (Å²) in [7, 11) is 2.40. The van der Waals surface area contributed by atoms with Gasteiger partial charge in [-0.1, -0.05) is 0 Å². The third kappa shape index (κ3) is 2.96. The molecule has 0 saturated carbocycles. The molecule has 0 bridgehead atoms. The second-order valence-corrected chi connectivity index (χ2v) is 3.22. The van der Waals surface area contributed by atoms with Crippen molar-refractivity contribution in [3.05, 3.63) is 11.3 Å². The molecule has 1 aliphatic heterocycles. The van der Waals surface area contributed by atoms with Gasteiger partial charge in [-0.05, 0) is 16.3 Å². The zero-order valence-electron chi connectivity index (χ0n) is 8.34. The van der Waals surface area contributed by atoms with E-state index in [1.54, 1.807) is 6.92 Å². The highest BCUT2D eigenvalue weighted by Crippen LogP contribution is 2.17. The molecule has 1 unspecified atom stereocenters. The Hall–Kier alpha value is -0.600. The van der Waals surface area contributed by atoms with Gasteiger partial charge in [-0.3, -0.25) is 0 Å². The fourth-order valence-corrected chi connectivity index (χ4v) is 1.67. The van der Waals surface area contributed by atoms with Crippen LogP contribution in [0.2, 0.25) is 0 Å². The van der Waals surface area contributed by atoms with Crippen LogP contribution < -0.4 is 5.09 Å². The summed E-state index contributed by atoms with van der Waals surface area (Å²) < 4.78 is 10.3. The second-order valence-electron chi connectivity index (χ2n) is 2.93. The van der Waals surface area contributed by atoms with Crippen molar-refractivity contribution in [1.82, 2.24) is 5.09 Å². The summed E-state index contributed by atoms with van der Waals surface area (Å²) in [5.74, 6) is -0.233. The quantitative estimate of drug-likeness (QED) is 0.565. The van der Waals surface area contributed by atoms with Gasteiger partial charge in [0, 0.05) is 18.5 Å². The van der Waals surface area contributed by atoms with Crippen molar-refractivity contribution in [2.75, 3.05) is 19.8 Å². The molecule has 0 aromatic rings. The lowest BCUT2D eigenvalue weighted by Crippen LogP contribution is -2.14. The van der Waals surface area contributed by atoms with E-state index in [2.05, 4.69) is 14.5 Å². The molecule has 0 aromatic carbocycles. The Morgan fingerprint density at radius 3 is 2.93 bits per heavy atom. The average Bonchev–Trinajstić information content (AvgIpc) is 2.42. The predicted octanol–water partition coefficient (Wildman–Crippen LogP) is 0.994. The van der Waals surface area contributed by atoms with Crippen LogP contribution in [0.15, 0.2) is 11.3 Å². The minimum absolute atomic E-state index is 0.233. The second kappa shape index (κ2) is 5.99. The van der Waals surface area contributed by atoms with Gasteiger partial charge >= 0.3 is 5.97 Å². The summed E-state index contributed by atoms with van der Waals surface area (Å²) in [6.45, 7) is 3.45. The third-order valence-corrected chi connectivity index (χ3v) is 2.40. The van der Waals surface area contributed by atoms with Crippen molar-refractivity contribution in [2.45, 2.75) is 19.8 Å². The van der Waals surface area contributed by atoms with Crippen molar-refractivity contribution in [1.29, 1.82) is 0 Å². The number of esters is 1.